The van der Waals surface area contributed by atoms with Gasteiger partial charge < -0.3 is 9.84 Å². The molecule has 134 valence electrons. The molecule has 0 saturated heterocycles. The van der Waals surface area contributed by atoms with Gasteiger partial charge in [0.05, 0.1) is 17.0 Å². The summed E-state index contributed by atoms with van der Waals surface area (Å²) < 4.78 is 4.86. The van der Waals surface area contributed by atoms with Gasteiger partial charge in [-0.1, -0.05) is 17.7 Å². The van der Waals surface area contributed by atoms with Crippen LogP contribution in [0.15, 0.2) is 36.4 Å². The summed E-state index contributed by atoms with van der Waals surface area (Å²) in [6, 6.07) is 5.95. The first-order valence-electron chi connectivity index (χ1n) is 6.96. The van der Waals surface area contributed by atoms with Gasteiger partial charge in [0.1, 0.15) is 5.02 Å². The predicted molar refractivity (Wildman–Crippen MR) is 92.8 cm³/mol. The zero-order valence-electron chi connectivity index (χ0n) is 13.2. The molecule has 0 amide bonds. The Kier molecular flexibility index (Phi) is 5.53. The Morgan fingerprint density at radius 2 is 1.81 bits per heavy atom. The van der Waals surface area contributed by atoms with Gasteiger partial charge in [-0.3, -0.25) is 25.0 Å². The van der Waals surface area contributed by atoms with Crippen molar-refractivity contribution >= 4 is 34.8 Å². The number of nitrogens with zero attached hydrogens (tertiary/aromatic N) is 2. The molecule has 0 aromatic heterocycles. The molecule has 0 atom stereocenters. The van der Waals surface area contributed by atoms with Gasteiger partial charge in [0.2, 0.25) is 5.75 Å². The summed E-state index contributed by atoms with van der Waals surface area (Å²) >= 11 is 5.69. The van der Waals surface area contributed by atoms with Gasteiger partial charge in [-0.2, -0.15) is 0 Å². The largest absolute Gasteiger partial charge is 0.500 e. The van der Waals surface area contributed by atoms with Crippen molar-refractivity contribution in [3.63, 3.8) is 0 Å². The first kappa shape index (κ1) is 18.9. The van der Waals surface area contributed by atoms with Gasteiger partial charge in [-0.25, -0.2) is 0 Å². The molecule has 0 radical (unpaired) electrons. The van der Waals surface area contributed by atoms with E-state index in [4.69, 9.17) is 16.3 Å². The van der Waals surface area contributed by atoms with Crippen LogP contribution in [0.2, 0.25) is 5.02 Å². The number of halogens is 1. The molecule has 0 aliphatic carbocycles. The number of carbonyl (C=O) groups excluding carboxylic acids is 1. The van der Waals surface area contributed by atoms with Crippen LogP contribution >= 0.6 is 11.6 Å². The second-order valence-electron chi connectivity index (χ2n) is 4.97. The SMILES string of the molecule is COc1cc(C=CC(=O)c2ccc(Cl)c([N+](=O)[O-])c2)cc([N+](=O)[O-])c1O. The molecule has 0 spiro atoms. The number of methoxy groups -OCH3 is 1. The van der Waals surface area contributed by atoms with E-state index >= 15 is 0 Å². The van der Waals surface area contributed by atoms with Gasteiger partial charge in [0.15, 0.2) is 11.5 Å². The fourth-order valence-electron chi connectivity index (χ4n) is 2.08. The third-order valence-corrected chi connectivity index (χ3v) is 3.67. The molecule has 0 aliphatic rings. The number of rotatable bonds is 6. The summed E-state index contributed by atoms with van der Waals surface area (Å²) in [6.45, 7) is 0. The Balaban J connectivity index is 2.36. The highest BCUT2D eigenvalue weighted by Crippen LogP contribution is 2.37. The van der Waals surface area contributed by atoms with E-state index < -0.39 is 32.8 Å². The minimum atomic E-state index is -0.792. The minimum Gasteiger partial charge on any atom is -0.500 e. The second kappa shape index (κ2) is 7.62. The Morgan fingerprint density at radius 3 is 2.38 bits per heavy atom. The van der Waals surface area contributed by atoms with Crippen LogP contribution in [0.25, 0.3) is 6.08 Å². The summed E-state index contributed by atoms with van der Waals surface area (Å²) in [7, 11) is 1.23. The standard InChI is InChI=1S/C16H11ClN2O7/c1-26-15-7-9(6-13(16(15)21)19(24)25)2-5-14(20)10-3-4-11(17)12(8-10)18(22)23/h2-8,21H,1H3. The van der Waals surface area contributed by atoms with Crippen molar-refractivity contribution < 1.29 is 24.5 Å². The topological polar surface area (TPSA) is 133 Å². The van der Waals surface area contributed by atoms with Gasteiger partial charge in [0, 0.05) is 17.7 Å². The molecule has 0 fully saturated rings. The van der Waals surface area contributed by atoms with E-state index in [1.807, 2.05) is 0 Å². The number of carbonyl (C=O) groups is 1. The molecule has 2 aromatic carbocycles. The zero-order valence-corrected chi connectivity index (χ0v) is 14.0. The van der Waals surface area contributed by atoms with Crippen molar-refractivity contribution in [2.45, 2.75) is 0 Å². The fraction of sp³-hybridized carbons (Fsp3) is 0.0625. The maximum Gasteiger partial charge on any atom is 0.315 e. The number of allylic oxidation sites excluding steroid dienone is 1. The Bertz CT molecular complexity index is 940. The highest BCUT2D eigenvalue weighted by molar-refractivity contribution is 6.32. The minimum absolute atomic E-state index is 0.0255. The van der Waals surface area contributed by atoms with E-state index in [1.165, 1.54) is 31.4 Å². The van der Waals surface area contributed by atoms with Crippen molar-refractivity contribution in [1.29, 1.82) is 0 Å². The van der Waals surface area contributed by atoms with Crippen LogP contribution in [-0.2, 0) is 0 Å². The molecule has 10 heteroatoms. The summed E-state index contributed by atoms with van der Waals surface area (Å²) in [5.74, 6) is -1.33. The van der Waals surface area contributed by atoms with Crippen LogP contribution in [0.5, 0.6) is 11.5 Å². The number of ketones is 1. The van der Waals surface area contributed by atoms with Crippen molar-refractivity contribution in [3.8, 4) is 11.5 Å². The maximum atomic E-state index is 12.2. The van der Waals surface area contributed by atoms with E-state index in [0.29, 0.717) is 0 Å². The lowest BCUT2D eigenvalue weighted by molar-refractivity contribution is -0.386. The molecule has 1 N–H and O–H groups in total. The molecule has 0 aliphatic heterocycles. The van der Waals surface area contributed by atoms with E-state index in [9.17, 15) is 30.1 Å². The molecular formula is C16H11ClN2O7. The van der Waals surface area contributed by atoms with E-state index in [1.54, 1.807) is 0 Å². The van der Waals surface area contributed by atoms with Crippen LogP contribution in [-0.4, -0.2) is 27.8 Å². The van der Waals surface area contributed by atoms with Gasteiger partial charge in [0.25, 0.3) is 5.69 Å². The number of hydrogen-bond acceptors (Lipinski definition) is 7. The average Bonchev–Trinajstić information content (AvgIpc) is 2.60. The molecule has 0 unspecified atom stereocenters. The summed E-state index contributed by atoms with van der Waals surface area (Å²) in [4.78, 5) is 32.5. The molecule has 0 bridgehead atoms. The fourth-order valence-corrected chi connectivity index (χ4v) is 2.27. The quantitative estimate of drug-likeness (QED) is 0.350. The molecule has 2 rings (SSSR count). The molecular weight excluding hydrogens is 368 g/mol. The number of nitro benzene ring substituents is 2. The Labute approximate surface area is 151 Å². The first-order chi connectivity index (χ1) is 12.2. The predicted octanol–water partition coefficient (Wildman–Crippen LogP) is 3.77. The van der Waals surface area contributed by atoms with Crippen LogP contribution in [0.3, 0.4) is 0 Å². The Morgan fingerprint density at radius 1 is 1.15 bits per heavy atom. The lowest BCUT2D eigenvalue weighted by Gasteiger charge is -2.05. The van der Waals surface area contributed by atoms with Crippen LogP contribution < -0.4 is 4.74 Å². The summed E-state index contributed by atoms with van der Waals surface area (Å²) in [6.07, 6.45) is 2.35. The lowest BCUT2D eigenvalue weighted by atomic mass is 10.1. The molecule has 0 heterocycles. The average molecular weight is 379 g/mol. The van der Waals surface area contributed by atoms with Gasteiger partial charge >= 0.3 is 5.69 Å². The maximum absolute atomic E-state index is 12.2. The second-order valence-corrected chi connectivity index (χ2v) is 5.38. The van der Waals surface area contributed by atoms with Gasteiger partial charge in [-0.15, -0.1) is 0 Å². The summed E-state index contributed by atoms with van der Waals surface area (Å²) in [5.41, 5.74) is -0.743. The molecule has 2 aromatic rings. The Hall–Kier alpha value is -3.46. The normalized spacial score (nSPS) is 10.7. The first-order valence-corrected chi connectivity index (χ1v) is 7.34. The zero-order chi connectivity index (χ0) is 19.4. The molecule has 0 saturated carbocycles. The monoisotopic (exact) mass is 378 g/mol. The number of aromatic hydroxyl groups is 1. The number of benzene rings is 2. The number of phenolic OH excluding ortho intramolecular Hbond substituents is 1. The van der Waals surface area contributed by atoms with E-state index in [2.05, 4.69) is 0 Å². The van der Waals surface area contributed by atoms with Crippen LogP contribution in [0.4, 0.5) is 11.4 Å². The van der Waals surface area contributed by atoms with Crippen molar-refractivity contribution in [2.24, 2.45) is 0 Å². The number of ether oxygens (including phenoxy) is 1. The van der Waals surface area contributed by atoms with E-state index in [-0.39, 0.29) is 21.9 Å². The number of nitro groups is 2. The lowest BCUT2D eigenvalue weighted by Crippen LogP contribution is -1.97. The molecule has 26 heavy (non-hydrogen) atoms. The van der Waals surface area contributed by atoms with E-state index in [0.717, 1.165) is 18.2 Å². The van der Waals surface area contributed by atoms with Gasteiger partial charge in [-0.05, 0) is 29.8 Å². The third kappa shape index (κ3) is 3.95. The number of phenols is 1. The van der Waals surface area contributed by atoms with Crippen molar-refractivity contribution in [3.05, 3.63) is 72.8 Å². The van der Waals surface area contributed by atoms with Crippen LogP contribution in [0, 0.1) is 20.2 Å². The number of hydrogen-bond donors (Lipinski definition) is 1. The van der Waals surface area contributed by atoms with Crippen LogP contribution in [0.1, 0.15) is 15.9 Å². The van der Waals surface area contributed by atoms with Crippen molar-refractivity contribution in [1.82, 2.24) is 0 Å². The van der Waals surface area contributed by atoms with Crippen molar-refractivity contribution in [2.75, 3.05) is 7.11 Å². The summed E-state index contributed by atoms with van der Waals surface area (Å²) in [5, 5.41) is 31.4. The smallest absolute Gasteiger partial charge is 0.315 e. The highest BCUT2D eigenvalue weighted by atomic mass is 35.5. The third-order valence-electron chi connectivity index (χ3n) is 3.35. The highest BCUT2D eigenvalue weighted by Gasteiger charge is 2.19. The molecule has 9 nitrogen and oxygen atoms in total.